The number of hydrogen-bond donors (Lipinski definition) is 1. The molecule has 17 heavy (non-hydrogen) atoms. The molecular weight excluding hydrogens is 221 g/mol. The van der Waals surface area contributed by atoms with Crippen LogP contribution in [0.15, 0.2) is 0 Å². The lowest BCUT2D eigenvalue weighted by Gasteiger charge is -2.33. The van der Waals surface area contributed by atoms with Crippen LogP contribution in [0, 0.1) is 5.92 Å². The van der Waals surface area contributed by atoms with Crippen molar-refractivity contribution in [3.8, 4) is 0 Å². The van der Waals surface area contributed by atoms with Gasteiger partial charge in [0.05, 0.1) is 13.2 Å². The first-order valence-electron chi connectivity index (χ1n) is 6.73. The van der Waals surface area contributed by atoms with Gasteiger partial charge in [0.2, 0.25) is 0 Å². The molecule has 2 unspecified atom stereocenters. The number of ether oxygens (including phenoxy) is 2. The Labute approximate surface area is 103 Å². The third kappa shape index (κ3) is 4.53. The monoisotopic (exact) mass is 245 g/mol. The predicted octanol–water partition coefficient (Wildman–Crippen LogP) is 1.91. The van der Waals surface area contributed by atoms with Gasteiger partial charge in [-0.3, -0.25) is 0 Å². The summed E-state index contributed by atoms with van der Waals surface area (Å²) in [7, 11) is 0. The lowest BCUT2D eigenvalue weighted by atomic mass is 9.84. The lowest BCUT2D eigenvalue weighted by Crippen LogP contribution is -2.45. The maximum Gasteiger partial charge on any atom is 0.110 e. The highest BCUT2D eigenvalue weighted by molar-refractivity contribution is 4.85. The molecular formula is C13H24FNO2. The first-order valence-corrected chi connectivity index (χ1v) is 6.73. The number of halogens is 1. The molecule has 4 heteroatoms. The summed E-state index contributed by atoms with van der Waals surface area (Å²) in [4.78, 5) is 0. The third-order valence-corrected chi connectivity index (χ3v) is 3.73. The fourth-order valence-corrected chi connectivity index (χ4v) is 2.90. The quantitative estimate of drug-likeness (QED) is 0.820. The summed E-state index contributed by atoms with van der Waals surface area (Å²) in [5.41, 5.74) is -1.08. The summed E-state index contributed by atoms with van der Waals surface area (Å²) in [6.45, 7) is 5.57. The summed E-state index contributed by atoms with van der Waals surface area (Å²) >= 11 is 0. The van der Waals surface area contributed by atoms with Crippen LogP contribution in [0.1, 0.15) is 32.6 Å². The van der Waals surface area contributed by atoms with Gasteiger partial charge >= 0.3 is 0 Å². The number of alkyl halides is 1. The molecule has 0 bridgehead atoms. The summed E-state index contributed by atoms with van der Waals surface area (Å²) in [5, 5.41) is 3.32. The minimum atomic E-state index is -1.08. The highest BCUT2D eigenvalue weighted by Crippen LogP contribution is 2.31. The van der Waals surface area contributed by atoms with Crippen molar-refractivity contribution in [1.29, 1.82) is 0 Å². The van der Waals surface area contributed by atoms with Gasteiger partial charge in [-0.15, -0.1) is 0 Å². The van der Waals surface area contributed by atoms with Crippen LogP contribution in [-0.2, 0) is 9.47 Å². The Morgan fingerprint density at radius 3 is 2.59 bits per heavy atom. The van der Waals surface area contributed by atoms with E-state index in [1.54, 1.807) is 6.92 Å². The fourth-order valence-electron chi connectivity index (χ4n) is 2.90. The van der Waals surface area contributed by atoms with Crippen molar-refractivity contribution in [2.24, 2.45) is 5.92 Å². The Morgan fingerprint density at radius 1 is 1.18 bits per heavy atom. The highest BCUT2D eigenvalue weighted by Gasteiger charge is 2.32. The van der Waals surface area contributed by atoms with Crippen LogP contribution in [0.2, 0.25) is 0 Å². The molecule has 2 fully saturated rings. The molecule has 0 spiro atoms. The van der Waals surface area contributed by atoms with E-state index < -0.39 is 5.67 Å². The molecule has 3 nitrogen and oxygen atoms in total. The second-order valence-electron chi connectivity index (χ2n) is 5.60. The van der Waals surface area contributed by atoms with Crippen LogP contribution < -0.4 is 5.32 Å². The largest absolute Gasteiger partial charge is 0.381 e. The van der Waals surface area contributed by atoms with Crippen LogP contribution in [0.5, 0.6) is 0 Å². The molecule has 0 aromatic rings. The van der Waals surface area contributed by atoms with Crippen molar-refractivity contribution >= 4 is 0 Å². The van der Waals surface area contributed by atoms with Gasteiger partial charge in [0.25, 0.3) is 0 Å². The Balaban J connectivity index is 1.75. The Bertz CT molecular complexity index is 201. The van der Waals surface area contributed by atoms with Crippen molar-refractivity contribution < 1.29 is 13.9 Å². The minimum Gasteiger partial charge on any atom is -0.381 e. The molecule has 0 aromatic heterocycles. The van der Waals surface area contributed by atoms with Gasteiger partial charge in [-0.1, -0.05) is 0 Å². The van der Waals surface area contributed by atoms with Crippen molar-refractivity contribution in [2.45, 2.75) is 44.3 Å². The van der Waals surface area contributed by atoms with E-state index in [1.165, 1.54) is 0 Å². The Hall–Kier alpha value is -0.190. The van der Waals surface area contributed by atoms with Crippen molar-refractivity contribution in [1.82, 2.24) is 5.32 Å². The molecule has 2 heterocycles. The Morgan fingerprint density at radius 2 is 1.94 bits per heavy atom. The van der Waals surface area contributed by atoms with Gasteiger partial charge in [0.15, 0.2) is 0 Å². The molecule has 100 valence electrons. The number of morpholine rings is 1. The number of nitrogens with one attached hydrogen (secondary N) is 1. The van der Waals surface area contributed by atoms with Crippen molar-refractivity contribution in [3.05, 3.63) is 0 Å². The van der Waals surface area contributed by atoms with E-state index in [9.17, 15) is 4.39 Å². The van der Waals surface area contributed by atoms with Gasteiger partial charge in [-0.05, 0) is 38.5 Å². The molecule has 2 aliphatic rings. The van der Waals surface area contributed by atoms with E-state index in [4.69, 9.17) is 9.47 Å². The van der Waals surface area contributed by atoms with E-state index in [2.05, 4.69) is 5.32 Å². The molecule has 0 aromatic carbocycles. The van der Waals surface area contributed by atoms with E-state index >= 15 is 0 Å². The lowest BCUT2D eigenvalue weighted by molar-refractivity contribution is 0.0183. The number of rotatable bonds is 4. The van der Waals surface area contributed by atoms with Crippen LogP contribution in [0.4, 0.5) is 4.39 Å². The molecule has 0 saturated carbocycles. The molecule has 0 radical (unpaired) electrons. The normalized spacial score (nSPS) is 31.1. The van der Waals surface area contributed by atoms with Gasteiger partial charge in [-0.2, -0.15) is 0 Å². The third-order valence-electron chi connectivity index (χ3n) is 3.73. The van der Waals surface area contributed by atoms with Crippen LogP contribution in [0.3, 0.4) is 0 Å². The average molecular weight is 245 g/mol. The summed E-state index contributed by atoms with van der Waals surface area (Å²) in [6, 6.07) is 0.179. The zero-order valence-corrected chi connectivity index (χ0v) is 10.7. The number of hydrogen-bond acceptors (Lipinski definition) is 3. The van der Waals surface area contributed by atoms with Crippen LogP contribution >= 0.6 is 0 Å². The maximum atomic E-state index is 14.5. The second kappa shape index (κ2) is 6.12. The highest BCUT2D eigenvalue weighted by atomic mass is 19.1. The predicted molar refractivity (Wildman–Crippen MR) is 64.9 cm³/mol. The van der Waals surface area contributed by atoms with E-state index in [0.29, 0.717) is 25.4 Å². The molecule has 0 amide bonds. The SMILES string of the molecule is CC(F)(CC1CCOCC1)CC1COCCN1. The Kier molecular flexibility index (Phi) is 4.77. The summed E-state index contributed by atoms with van der Waals surface area (Å²) in [6.07, 6.45) is 3.24. The minimum absolute atomic E-state index is 0.179. The zero-order valence-electron chi connectivity index (χ0n) is 10.7. The molecule has 2 atom stereocenters. The standard InChI is InChI=1S/C13H24FNO2/c1-13(14,8-11-2-5-16-6-3-11)9-12-10-17-7-4-15-12/h11-12,15H,2-10H2,1H3. The van der Waals surface area contributed by atoms with Crippen molar-refractivity contribution in [3.63, 3.8) is 0 Å². The van der Waals surface area contributed by atoms with Crippen LogP contribution in [-0.4, -0.2) is 44.7 Å². The molecule has 2 saturated heterocycles. The summed E-state index contributed by atoms with van der Waals surface area (Å²) in [5.74, 6) is 0.489. The van der Waals surface area contributed by atoms with E-state index in [-0.39, 0.29) is 6.04 Å². The second-order valence-corrected chi connectivity index (χ2v) is 5.60. The van der Waals surface area contributed by atoms with Crippen molar-refractivity contribution in [2.75, 3.05) is 33.0 Å². The smallest absolute Gasteiger partial charge is 0.110 e. The maximum absolute atomic E-state index is 14.5. The molecule has 2 rings (SSSR count). The van der Waals surface area contributed by atoms with E-state index in [1.807, 2.05) is 0 Å². The topological polar surface area (TPSA) is 30.5 Å². The van der Waals surface area contributed by atoms with Gasteiger partial charge in [-0.25, -0.2) is 4.39 Å². The first kappa shape index (κ1) is 13.2. The summed E-state index contributed by atoms with van der Waals surface area (Å²) < 4.78 is 25.2. The van der Waals surface area contributed by atoms with Crippen LogP contribution in [0.25, 0.3) is 0 Å². The van der Waals surface area contributed by atoms with Gasteiger partial charge in [0, 0.05) is 25.8 Å². The molecule has 0 aliphatic carbocycles. The van der Waals surface area contributed by atoms with Gasteiger partial charge < -0.3 is 14.8 Å². The first-order chi connectivity index (χ1) is 8.16. The van der Waals surface area contributed by atoms with Gasteiger partial charge in [0.1, 0.15) is 5.67 Å². The average Bonchev–Trinajstić information content (AvgIpc) is 2.30. The van der Waals surface area contributed by atoms with E-state index in [0.717, 1.165) is 39.2 Å². The fraction of sp³-hybridized carbons (Fsp3) is 1.00. The molecule has 1 N–H and O–H groups in total. The zero-order chi connectivity index (χ0) is 12.1. The molecule has 2 aliphatic heterocycles.